The SMILES string of the molecule is O=C(Nc1cccc(F)c1)[C@H](Cc1ccccc1)N1Cc2ccccc2C1=O. The maximum absolute atomic E-state index is 13.5. The van der Waals surface area contributed by atoms with Crippen molar-refractivity contribution in [3.05, 3.63) is 101 Å². The molecule has 0 aromatic heterocycles. The summed E-state index contributed by atoms with van der Waals surface area (Å²) >= 11 is 0. The van der Waals surface area contributed by atoms with Crippen molar-refractivity contribution >= 4 is 17.5 Å². The van der Waals surface area contributed by atoms with E-state index in [-0.39, 0.29) is 11.8 Å². The van der Waals surface area contributed by atoms with Gasteiger partial charge in [0.2, 0.25) is 5.91 Å². The second kappa shape index (κ2) is 7.64. The molecule has 0 spiro atoms. The second-order valence-corrected chi connectivity index (χ2v) is 6.80. The lowest BCUT2D eigenvalue weighted by Gasteiger charge is -2.27. The number of carbonyl (C=O) groups excluding carboxylic acids is 2. The number of carbonyl (C=O) groups is 2. The normalized spacial score (nSPS) is 13.9. The first kappa shape index (κ1) is 17.9. The van der Waals surface area contributed by atoms with Gasteiger partial charge in [-0.1, -0.05) is 54.6 Å². The summed E-state index contributed by atoms with van der Waals surface area (Å²) in [7, 11) is 0. The van der Waals surface area contributed by atoms with Crippen LogP contribution in [0.2, 0.25) is 0 Å². The molecule has 1 heterocycles. The highest BCUT2D eigenvalue weighted by Gasteiger charge is 2.36. The fraction of sp³-hybridized carbons (Fsp3) is 0.130. The number of benzene rings is 3. The van der Waals surface area contributed by atoms with Crippen LogP contribution in [0.25, 0.3) is 0 Å². The molecule has 1 N–H and O–H groups in total. The molecular weight excluding hydrogens is 355 g/mol. The average Bonchev–Trinajstić information content (AvgIpc) is 3.03. The molecule has 0 saturated carbocycles. The summed E-state index contributed by atoms with van der Waals surface area (Å²) in [5.74, 6) is -0.927. The van der Waals surface area contributed by atoms with Crippen molar-refractivity contribution in [3.8, 4) is 0 Å². The van der Waals surface area contributed by atoms with Gasteiger partial charge >= 0.3 is 0 Å². The van der Waals surface area contributed by atoms with Crippen molar-refractivity contribution in [1.29, 1.82) is 0 Å². The first-order valence-electron chi connectivity index (χ1n) is 9.11. The summed E-state index contributed by atoms with van der Waals surface area (Å²) < 4.78 is 13.5. The van der Waals surface area contributed by atoms with Gasteiger partial charge in [-0.05, 0) is 35.4 Å². The number of fused-ring (bicyclic) bond motifs is 1. The Hall–Kier alpha value is -3.47. The monoisotopic (exact) mass is 374 g/mol. The van der Waals surface area contributed by atoms with Gasteiger partial charge in [-0.3, -0.25) is 9.59 Å². The minimum Gasteiger partial charge on any atom is -0.324 e. The highest BCUT2D eigenvalue weighted by atomic mass is 19.1. The zero-order chi connectivity index (χ0) is 19.5. The number of halogens is 1. The van der Waals surface area contributed by atoms with E-state index in [0.717, 1.165) is 11.1 Å². The zero-order valence-corrected chi connectivity index (χ0v) is 15.1. The number of hydrogen-bond donors (Lipinski definition) is 1. The minimum absolute atomic E-state index is 0.161. The largest absolute Gasteiger partial charge is 0.324 e. The van der Waals surface area contributed by atoms with Crippen molar-refractivity contribution in [1.82, 2.24) is 4.90 Å². The Labute approximate surface area is 162 Å². The van der Waals surface area contributed by atoms with Crippen LogP contribution in [0.15, 0.2) is 78.9 Å². The predicted molar refractivity (Wildman–Crippen MR) is 105 cm³/mol. The summed E-state index contributed by atoms with van der Waals surface area (Å²) in [6.45, 7) is 0.378. The lowest BCUT2D eigenvalue weighted by atomic mass is 10.0. The van der Waals surface area contributed by atoms with E-state index >= 15 is 0 Å². The predicted octanol–water partition coefficient (Wildman–Crippen LogP) is 4.03. The third-order valence-electron chi connectivity index (χ3n) is 4.89. The van der Waals surface area contributed by atoms with Gasteiger partial charge in [0.25, 0.3) is 5.91 Å². The number of nitrogens with one attached hydrogen (secondary N) is 1. The topological polar surface area (TPSA) is 49.4 Å². The van der Waals surface area contributed by atoms with Gasteiger partial charge in [0, 0.05) is 24.2 Å². The highest BCUT2D eigenvalue weighted by Crippen LogP contribution is 2.26. The quantitative estimate of drug-likeness (QED) is 0.733. The van der Waals surface area contributed by atoms with Crippen molar-refractivity contribution in [3.63, 3.8) is 0 Å². The molecule has 28 heavy (non-hydrogen) atoms. The first-order valence-corrected chi connectivity index (χ1v) is 9.11. The highest BCUT2D eigenvalue weighted by molar-refractivity contribution is 6.03. The number of rotatable bonds is 5. The molecule has 3 aromatic rings. The lowest BCUT2D eigenvalue weighted by molar-refractivity contribution is -0.120. The number of nitrogens with zero attached hydrogens (tertiary/aromatic N) is 1. The summed E-state index contributed by atoms with van der Waals surface area (Å²) in [4.78, 5) is 27.6. The number of hydrogen-bond acceptors (Lipinski definition) is 2. The molecule has 1 atom stereocenters. The molecule has 1 aliphatic heterocycles. The van der Waals surface area contributed by atoms with E-state index in [1.54, 1.807) is 17.0 Å². The zero-order valence-electron chi connectivity index (χ0n) is 15.1. The van der Waals surface area contributed by atoms with Crippen LogP contribution in [-0.2, 0) is 17.8 Å². The average molecular weight is 374 g/mol. The van der Waals surface area contributed by atoms with Crippen LogP contribution in [-0.4, -0.2) is 22.8 Å². The molecular formula is C23H19FN2O2. The van der Waals surface area contributed by atoms with Crippen LogP contribution in [0, 0.1) is 5.82 Å². The van der Waals surface area contributed by atoms with Crippen molar-refractivity contribution in [2.75, 3.05) is 5.32 Å². The molecule has 2 amide bonds. The maximum atomic E-state index is 13.5. The van der Waals surface area contributed by atoms with Crippen LogP contribution in [0.4, 0.5) is 10.1 Å². The van der Waals surface area contributed by atoms with Crippen LogP contribution in [0.5, 0.6) is 0 Å². The van der Waals surface area contributed by atoms with Crippen molar-refractivity contribution in [2.45, 2.75) is 19.0 Å². The fourth-order valence-electron chi connectivity index (χ4n) is 3.50. The van der Waals surface area contributed by atoms with E-state index in [1.165, 1.54) is 18.2 Å². The molecule has 0 unspecified atom stereocenters. The summed E-state index contributed by atoms with van der Waals surface area (Å²) in [6, 6.07) is 22.0. The van der Waals surface area contributed by atoms with Crippen molar-refractivity contribution in [2.24, 2.45) is 0 Å². The smallest absolute Gasteiger partial charge is 0.255 e. The van der Waals surface area contributed by atoms with E-state index in [2.05, 4.69) is 5.32 Å². The van der Waals surface area contributed by atoms with Crippen molar-refractivity contribution < 1.29 is 14.0 Å². The first-order chi connectivity index (χ1) is 13.6. The molecule has 0 aliphatic carbocycles. The molecule has 4 nitrogen and oxygen atoms in total. The van der Waals surface area contributed by atoms with Gasteiger partial charge in [-0.25, -0.2) is 4.39 Å². The van der Waals surface area contributed by atoms with Gasteiger partial charge in [-0.15, -0.1) is 0 Å². The van der Waals surface area contributed by atoms with E-state index in [9.17, 15) is 14.0 Å². The Balaban J connectivity index is 1.63. The standard InChI is InChI=1S/C23H19FN2O2/c24-18-10-6-11-19(14-18)25-22(27)21(13-16-7-2-1-3-8-16)26-15-17-9-4-5-12-20(17)23(26)28/h1-12,14,21H,13,15H2,(H,25,27)/t21-/m0/s1. The van der Waals surface area contributed by atoms with Gasteiger partial charge in [0.1, 0.15) is 11.9 Å². The second-order valence-electron chi connectivity index (χ2n) is 6.80. The fourth-order valence-corrected chi connectivity index (χ4v) is 3.50. The molecule has 1 aliphatic rings. The number of amides is 2. The summed E-state index contributed by atoms with van der Waals surface area (Å²) in [5, 5.41) is 2.75. The molecule has 4 rings (SSSR count). The summed E-state index contributed by atoms with van der Waals surface area (Å²) in [5.41, 5.74) is 2.85. The Morgan fingerprint density at radius 3 is 2.50 bits per heavy atom. The minimum atomic E-state index is -0.703. The van der Waals surface area contributed by atoms with Crippen LogP contribution < -0.4 is 5.32 Å². The van der Waals surface area contributed by atoms with E-state index < -0.39 is 11.9 Å². The molecule has 0 fully saturated rings. The Kier molecular flexibility index (Phi) is 4.89. The van der Waals surface area contributed by atoms with E-state index in [4.69, 9.17) is 0 Å². The summed E-state index contributed by atoms with van der Waals surface area (Å²) in [6.07, 6.45) is 0.377. The third-order valence-corrected chi connectivity index (χ3v) is 4.89. The van der Waals surface area contributed by atoms with Gasteiger partial charge in [0.15, 0.2) is 0 Å². The molecule has 5 heteroatoms. The van der Waals surface area contributed by atoms with Gasteiger partial charge in [0.05, 0.1) is 0 Å². The maximum Gasteiger partial charge on any atom is 0.255 e. The molecule has 0 bridgehead atoms. The van der Waals surface area contributed by atoms with E-state index in [0.29, 0.717) is 24.2 Å². The van der Waals surface area contributed by atoms with Crippen LogP contribution >= 0.6 is 0 Å². The molecule has 0 saturated heterocycles. The number of anilines is 1. The van der Waals surface area contributed by atoms with Crippen LogP contribution in [0.1, 0.15) is 21.5 Å². The Morgan fingerprint density at radius 2 is 1.75 bits per heavy atom. The Morgan fingerprint density at radius 1 is 1.00 bits per heavy atom. The van der Waals surface area contributed by atoms with Gasteiger partial charge in [-0.2, -0.15) is 0 Å². The lowest BCUT2D eigenvalue weighted by Crippen LogP contribution is -2.45. The molecule has 3 aromatic carbocycles. The molecule has 140 valence electrons. The van der Waals surface area contributed by atoms with E-state index in [1.807, 2.05) is 48.5 Å². The third kappa shape index (κ3) is 3.64. The van der Waals surface area contributed by atoms with Gasteiger partial charge < -0.3 is 10.2 Å². The molecule has 0 radical (unpaired) electrons. The Bertz CT molecular complexity index is 1020. The van der Waals surface area contributed by atoms with Crippen LogP contribution in [0.3, 0.4) is 0 Å².